The average molecular weight is 433 g/mol. The number of hydrogen-bond acceptors (Lipinski definition) is 4. The topological polar surface area (TPSA) is 80.6 Å². The van der Waals surface area contributed by atoms with Crippen LogP contribution in [0.3, 0.4) is 0 Å². The Morgan fingerprint density at radius 1 is 1.00 bits per heavy atom. The highest BCUT2D eigenvalue weighted by atomic mass is 19.1. The standard InChI is InChI=1S/C24H20FN3O4/c1-16-5-2-3-7-21(16)32-14-13-27-12-4-6-19(27)15-20-22(29)26-24(31)28(23(20)30)18-10-8-17(25)9-11-18/h2-12,15H,13-14H2,1H3,(H,26,29,31)/b20-15-. The molecule has 1 fully saturated rings. The Bertz CT molecular complexity index is 1210. The summed E-state index contributed by atoms with van der Waals surface area (Å²) in [5.41, 5.74) is 1.59. The monoisotopic (exact) mass is 433 g/mol. The van der Waals surface area contributed by atoms with Gasteiger partial charge in [-0.3, -0.25) is 14.9 Å². The molecular formula is C24H20FN3O4. The van der Waals surface area contributed by atoms with Gasteiger partial charge in [0.2, 0.25) is 0 Å². The van der Waals surface area contributed by atoms with Gasteiger partial charge in [-0.05, 0) is 61.0 Å². The number of nitrogens with zero attached hydrogens (tertiary/aromatic N) is 2. The molecule has 1 aromatic heterocycles. The lowest BCUT2D eigenvalue weighted by Crippen LogP contribution is -2.54. The Morgan fingerprint density at radius 3 is 2.50 bits per heavy atom. The molecule has 0 saturated carbocycles. The number of anilines is 1. The van der Waals surface area contributed by atoms with Crippen LogP contribution in [0.1, 0.15) is 11.3 Å². The molecule has 162 valence electrons. The number of aryl methyl sites for hydroxylation is 1. The molecule has 1 saturated heterocycles. The van der Waals surface area contributed by atoms with E-state index in [9.17, 15) is 18.8 Å². The Kier molecular flexibility index (Phi) is 5.85. The molecule has 7 nitrogen and oxygen atoms in total. The lowest BCUT2D eigenvalue weighted by Gasteiger charge is -2.26. The number of imide groups is 2. The molecule has 1 aliphatic heterocycles. The second-order valence-corrected chi connectivity index (χ2v) is 7.17. The van der Waals surface area contributed by atoms with Crippen LogP contribution in [0.15, 0.2) is 72.4 Å². The fourth-order valence-corrected chi connectivity index (χ4v) is 3.36. The zero-order chi connectivity index (χ0) is 22.7. The summed E-state index contributed by atoms with van der Waals surface area (Å²) in [5, 5.41) is 2.16. The number of halogens is 1. The maximum absolute atomic E-state index is 13.2. The second kappa shape index (κ2) is 8.89. The lowest BCUT2D eigenvalue weighted by molar-refractivity contribution is -0.122. The van der Waals surface area contributed by atoms with Crippen molar-refractivity contribution in [2.45, 2.75) is 13.5 Å². The number of rotatable bonds is 6. The number of hydrogen-bond donors (Lipinski definition) is 1. The van der Waals surface area contributed by atoms with Crippen molar-refractivity contribution in [2.75, 3.05) is 11.5 Å². The van der Waals surface area contributed by atoms with Crippen molar-refractivity contribution in [3.05, 3.63) is 89.5 Å². The number of carbonyl (C=O) groups excluding carboxylic acids is 3. The molecule has 8 heteroatoms. The number of barbiturate groups is 1. The number of aromatic nitrogens is 1. The van der Waals surface area contributed by atoms with Crippen LogP contribution in [0.25, 0.3) is 6.08 Å². The molecule has 0 atom stereocenters. The largest absolute Gasteiger partial charge is 0.491 e. The third-order valence-electron chi connectivity index (χ3n) is 5.03. The summed E-state index contributed by atoms with van der Waals surface area (Å²) in [7, 11) is 0. The van der Waals surface area contributed by atoms with E-state index in [-0.39, 0.29) is 11.3 Å². The summed E-state index contributed by atoms with van der Waals surface area (Å²) in [6, 6.07) is 15.2. The van der Waals surface area contributed by atoms with Crippen molar-refractivity contribution >= 4 is 29.6 Å². The summed E-state index contributed by atoms with van der Waals surface area (Å²) in [5.74, 6) is -1.29. The van der Waals surface area contributed by atoms with Gasteiger partial charge >= 0.3 is 6.03 Å². The first-order valence-electron chi connectivity index (χ1n) is 9.94. The Morgan fingerprint density at radius 2 is 1.75 bits per heavy atom. The van der Waals surface area contributed by atoms with E-state index in [0.717, 1.165) is 28.3 Å². The molecule has 2 aromatic carbocycles. The number of urea groups is 1. The Labute approximate surface area is 183 Å². The van der Waals surface area contributed by atoms with Crippen LogP contribution in [0.4, 0.5) is 14.9 Å². The molecule has 4 rings (SSSR count). The van der Waals surface area contributed by atoms with Gasteiger partial charge in [-0.2, -0.15) is 0 Å². The first kappa shape index (κ1) is 21.0. The van der Waals surface area contributed by atoms with Crippen molar-refractivity contribution in [3.8, 4) is 5.75 Å². The molecule has 32 heavy (non-hydrogen) atoms. The van der Waals surface area contributed by atoms with Crippen LogP contribution in [-0.2, 0) is 16.1 Å². The van der Waals surface area contributed by atoms with E-state index in [0.29, 0.717) is 18.8 Å². The van der Waals surface area contributed by atoms with Gasteiger partial charge in [-0.1, -0.05) is 18.2 Å². The number of amides is 4. The van der Waals surface area contributed by atoms with E-state index in [2.05, 4.69) is 5.32 Å². The fourth-order valence-electron chi connectivity index (χ4n) is 3.36. The first-order chi connectivity index (χ1) is 15.4. The summed E-state index contributed by atoms with van der Waals surface area (Å²) in [4.78, 5) is 38.4. The van der Waals surface area contributed by atoms with Gasteiger partial charge < -0.3 is 9.30 Å². The minimum absolute atomic E-state index is 0.161. The van der Waals surface area contributed by atoms with Gasteiger partial charge in [0.1, 0.15) is 23.7 Å². The van der Waals surface area contributed by atoms with Crippen molar-refractivity contribution in [3.63, 3.8) is 0 Å². The molecule has 0 unspecified atom stereocenters. The van der Waals surface area contributed by atoms with Crippen LogP contribution < -0.4 is 15.0 Å². The summed E-state index contributed by atoms with van der Waals surface area (Å²) >= 11 is 0. The summed E-state index contributed by atoms with van der Waals surface area (Å²) in [6.07, 6.45) is 3.23. The fraction of sp³-hybridized carbons (Fsp3) is 0.125. The summed E-state index contributed by atoms with van der Waals surface area (Å²) in [6.45, 7) is 2.83. The van der Waals surface area contributed by atoms with Crippen LogP contribution in [-0.4, -0.2) is 29.0 Å². The molecule has 0 radical (unpaired) electrons. The summed E-state index contributed by atoms with van der Waals surface area (Å²) < 4.78 is 20.9. The molecule has 3 aromatic rings. The van der Waals surface area contributed by atoms with Crippen LogP contribution in [0.5, 0.6) is 5.75 Å². The van der Waals surface area contributed by atoms with Gasteiger partial charge in [0.05, 0.1) is 12.2 Å². The van der Waals surface area contributed by atoms with Crippen molar-refractivity contribution in [1.29, 1.82) is 0 Å². The highest BCUT2D eigenvalue weighted by molar-refractivity contribution is 6.39. The molecular weight excluding hydrogens is 413 g/mol. The third-order valence-corrected chi connectivity index (χ3v) is 5.03. The molecule has 1 aliphatic rings. The Hall–Kier alpha value is -4.20. The van der Waals surface area contributed by atoms with Gasteiger partial charge in [-0.15, -0.1) is 0 Å². The normalized spacial score (nSPS) is 15.2. The van der Waals surface area contributed by atoms with Gasteiger partial charge in [-0.25, -0.2) is 14.1 Å². The minimum Gasteiger partial charge on any atom is -0.491 e. The van der Waals surface area contributed by atoms with Gasteiger partial charge in [0.25, 0.3) is 11.8 Å². The van der Waals surface area contributed by atoms with E-state index in [4.69, 9.17) is 4.74 Å². The number of benzene rings is 2. The predicted molar refractivity (Wildman–Crippen MR) is 117 cm³/mol. The molecule has 1 N–H and O–H groups in total. The first-order valence-corrected chi connectivity index (χ1v) is 9.94. The maximum Gasteiger partial charge on any atom is 0.335 e. The minimum atomic E-state index is -0.884. The van der Waals surface area contributed by atoms with Crippen LogP contribution in [0.2, 0.25) is 0 Å². The number of ether oxygens (including phenoxy) is 1. The molecule has 4 amide bonds. The third kappa shape index (κ3) is 4.29. The van der Waals surface area contributed by atoms with E-state index >= 15 is 0 Å². The SMILES string of the molecule is Cc1ccccc1OCCn1cccc1/C=C1/C(=O)NC(=O)N(c2ccc(F)cc2)C1=O. The van der Waals surface area contributed by atoms with E-state index in [1.807, 2.05) is 42.0 Å². The van der Waals surface area contributed by atoms with Crippen molar-refractivity contribution in [1.82, 2.24) is 9.88 Å². The smallest absolute Gasteiger partial charge is 0.335 e. The molecule has 0 aliphatic carbocycles. The molecule has 0 bridgehead atoms. The zero-order valence-electron chi connectivity index (χ0n) is 17.2. The highest BCUT2D eigenvalue weighted by Crippen LogP contribution is 2.22. The quantitative estimate of drug-likeness (QED) is 0.475. The second-order valence-electron chi connectivity index (χ2n) is 7.17. The van der Waals surface area contributed by atoms with E-state index in [1.165, 1.54) is 18.2 Å². The van der Waals surface area contributed by atoms with E-state index < -0.39 is 23.7 Å². The number of carbonyl (C=O) groups is 3. The maximum atomic E-state index is 13.2. The van der Waals surface area contributed by atoms with Gasteiger partial charge in [0.15, 0.2) is 0 Å². The van der Waals surface area contributed by atoms with Crippen molar-refractivity contribution < 1.29 is 23.5 Å². The number of nitrogens with one attached hydrogen (secondary N) is 1. The molecule has 2 heterocycles. The molecule has 0 spiro atoms. The highest BCUT2D eigenvalue weighted by Gasteiger charge is 2.36. The average Bonchev–Trinajstić information content (AvgIpc) is 3.21. The zero-order valence-corrected chi connectivity index (χ0v) is 17.2. The predicted octanol–water partition coefficient (Wildman–Crippen LogP) is 3.68. The lowest BCUT2D eigenvalue weighted by atomic mass is 10.1. The van der Waals surface area contributed by atoms with Crippen LogP contribution in [0, 0.1) is 12.7 Å². The Balaban J connectivity index is 1.54. The van der Waals surface area contributed by atoms with E-state index in [1.54, 1.807) is 12.1 Å². The number of para-hydroxylation sites is 1. The van der Waals surface area contributed by atoms with Gasteiger partial charge in [0, 0.05) is 11.9 Å². The van der Waals surface area contributed by atoms with Crippen LogP contribution >= 0.6 is 0 Å². The van der Waals surface area contributed by atoms with Crippen molar-refractivity contribution in [2.24, 2.45) is 0 Å².